The highest BCUT2D eigenvalue weighted by Crippen LogP contribution is 2.44. The van der Waals surface area contributed by atoms with Gasteiger partial charge in [0.1, 0.15) is 0 Å². The van der Waals surface area contributed by atoms with Crippen LogP contribution in [0.5, 0.6) is 0 Å². The number of halogens is 1. The fourth-order valence-corrected chi connectivity index (χ4v) is 3.62. The third kappa shape index (κ3) is 2.82. The zero-order valence-corrected chi connectivity index (χ0v) is 13.4. The monoisotopic (exact) mass is 307 g/mol. The Morgan fingerprint density at radius 1 is 1.38 bits per heavy atom. The van der Waals surface area contributed by atoms with Crippen LogP contribution < -0.4 is 0 Å². The average Bonchev–Trinajstić information content (AvgIpc) is 2.77. The van der Waals surface area contributed by atoms with E-state index in [1.807, 2.05) is 17.0 Å². The predicted octanol–water partition coefficient (Wildman–Crippen LogP) is 3.73. The summed E-state index contributed by atoms with van der Waals surface area (Å²) in [6.45, 7) is 6.38. The lowest BCUT2D eigenvalue weighted by Gasteiger charge is -2.39. The van der Waals surface area contributed by atoms with Crippen molar-refractivity contribution in [2.24, 2.45) is 5.92 Å². The molecule has 2 heterocycles. The second kappa shape index (κ2) is 5.62. The first-order valence-electron chi connectivity index (χ1n) is 7.71. The van der Waals surface area contributed by atoms with Crippen LogP contribution >= 0.6 is 11.6 Å². The van der Waals surface area contributed by atoms with Crippen LogP contribution in [0.4, 0.5) is 0 Å². The van der Waals surface area contributed by atoms with Crippen molar-refractivity contribution < 1.29 is 9.53 Å². The fraction of sp³-hybridized carbons (Fsp3) is 0.588. The molecule has 1 amide bonds. The van der Waals surface area contributed by atoms with Crippen LogP contribution in [-0.4, -0.2) is 23.9 Å². The molecule has 3 nitrogen and oxygen atoms in total. The van der Waals surface area contributed by atoms with Crippen molar-refractivity contribution in [3.8, 4) is 0 Å². The Hall–Kier alpha value is -1.06. The molecule has 114 valence electrons. The number of rotatable bonds is 2. The van der Waals surface area contributed by atoms with Gasteiger partial charge >= 0.3 is 0 Å². The highest BCUT2D eigenvalue weighted by molar-refractivity contribution is 6.30. The minimum atomic E-state index is -0.200. The molecule has 1 aromatic rings. The molecule has 0 radical (unpaired) electrons. The third-order valence-electron chi connectivity index (χ3n) is 4.57. The van der Waals surface area contributed by atoms with Gasteiger partial charge in [0, 0.05) is 24.5 Å². The third-order valence-corrected chi connectivity index (χ3v) is 4.80. The molecule has 2 aliphatic rings. The summed E-state index contributed by atoms with van der Waals surface area (Å²) in [5, 5.41) is 0.763. The summed E-state index contributed by atoms with van der Waals surface area (Å²) in [7, 11) is 0. The number of fused-ring (bicyclic) bond motifs is 2. The van der Waals surface area contributed by atoms with E-state index in [1.54, 1.807) is 0 Å². The quantitative estimate of drug-likeness (QED) is 0.833. The Balaban J connectivity index is 1.71. The van der Waals surface area contributed by atoms with E-state index in [0.717, 1.165) is 31.0 Å². The summed E-state index contributed by atoms with van der Waals surface area (Å²) < 4.78 is 6.12. The molecule has 1 fully saturated rings. The number of nitrogens with zero attached hydrogens (tertiary/aromatic N) is 1. The molecule has 1 saturated heterocycles. The normalized spacial score (nSPS) is 20.1. The number of amides is 1. The zero-order chi connectivity index (χ0) is 15.0. The Bertz CT molecular complexity index is 548. The number of hydrogen-bond donors (Lipinski definition) is 0. The molecule has 21 heavy (non-hydrogen) atoms. The Kier molecular flexibility index (Phi) is 3.98. The lowest BCUT2D eigenvalue weighted by atomic mass is 9.83. The molecule has 1 spiro atoms. The summed E-state index contributed by atoms with van der Waals surface area (Å²) >= 11 is 6.06. The Morgan fingerprint density at radius 3 is 2.76 bits per heavy atom. The number of piperidine rings is 1. The molecule has 0 saturated carbocycles. The standard InChI is InChI=1S/C17H22ClNO2/c1-12(2)9-16(20)19-7-5-17(6-8-19)15-4-3-14(18)10-13(15)11-21-17/h3-4,10,12H,5-9,11H2,1-2H3. The van der Waals surface area contributed by atoms with E-state index in [-0.39, 0.29) is 11.5 Å². The van der Waals surface area contributed by atoms with Gasteiger partial charge in [-0.15, -0.1) is 0 Å². The van der Waals surface area contributed by atoms with E-state index < -0.39 is 0 Å². The first-order chi connectivity index (χ1) is 10.00. The molecule has 4 heteroatoms. The van der Waals surface area contributed by atoms with Crippen LogP contribution in [0.3, 0.4) is 0 Å². The summed E-state index contributed by atoms with van der Waals surface area (Å²) in [5.41, 5.74) is 2.27. The summed E-state index contributed by atoms with van der Waals surface area (Å²) in [4.78, 5) is 14.2. The molecule has 2 aliphatic heterocycles. The lowest BCUT2D eigenvalue weighted by Crippen LogP contribution is -2.45. The largest absolute Gasteiger partial charge is 0.365 e. The second-order valence-electron chi connectivity index (χ2n) is 6.56. The van der Waals surface area contributed by atoms with Gasteiger partial charge in [-0.1, -0.05) is 31.5 Å². The summed E-state index contributed by atoms with van der Waals surface area (Å²) in [6, 6.07) is 6.03. The summed E-state index contributed by atoms with van der Waals surface area (Å²) in [6.07, 6.45) is 2.40. The fourth-order valence-electron chi connectivity index (χ4n) is 3.43. The van der Waals surface area contributed by atoms with Gasteiger partial charge in [0.25, 0.3) is 0 Å². The van der Waals surface area contributed by atoms with Crippen LogP contribution in [0.2, 0.25) is 5.02 Å². The minimum Gasteiger partial charge on any atom is -0.365 e. The average molecular weight is 308 g/mol. The van der Waals surface area contributed by atoms with Gasteiger partial charge < -0.3 is 9.64 Å². The molecule has 0 aromatic heterocycles. The van der Waals surface area contributed by atoms with E-state index in [4.69, 9.17) is 16.3 Å². The number of hydrogen-bond acceptors (Lipinski definition) is 2. The van der Waals surface area contributed by atoms with Crippen molar-refractivity contribution in [3.63, 3.8) is 0 Å². The predicted molar refractivity (Wildman–Crippen MR) is 83.2 cm³/mol. The maximum Gasteiger partial charge on any atom is 0.222 e. The molecular formula is C17H22ClNO2. The molecule has 0 unspecified atom stereocenters. The van der Waals surface area contributed by atoms with Crippen molar-refractivity contribution >= 4 is 17.5 Å². The zero-order valence-electron chi connectivity index (χ0n) is 12.7. The first-order valence-corrected chi connectivity index (χ1v) is 8.09. The number of carbonyl (C=O) groups is 1. The van der Waals surface area contributed by atoms with Gasteiger partial charge in [-0.3, -0.25) is 4.79 Å². The van der Waals surface area contributed by atoms with E-state index in [0.29, 0.717) is 18.9 Å². The maximum absolute atomic E-state index is 12.2. The number of benzene rings is 1. The van der Waals surface area contributed by atoms with Crippen molar-refractivity contribution in [2.75, 3.05) is 13.1 Å². The van der Waals surface area contributed by atoms with E-state index in [1.165, 1.54) is 11.1 Å². The van der Waals surface area contributed by atoms with Crippen molar-refractivity contribution in [3.05, 3.63) is 34.3 Å². The van der Waals surface area contributed by atoms with E-state index in [2.05, 4.69) is 19.9 Å². The second-order valence-corrected chi connectivity index (χ2v) is 7.00. The minimum absolute atomic E-state index is 0.200. The van der Waals surface area contributed by atoms with Crippen molar-refractivity contribution in [1.82, 2.24) is 4.90 Å². The van der Waals surface area contributed by atoms with Crippen LogP contribution in [0.15, 0.2) is 18.2 Å². The Morgan fingerprint density at radius 2 is 2.10 bits per heavy atom. The Labute approximate surface area is 131 Å². The van der Waals surface area contributed by atoms with Crippen LogP contribution in [0.1, 0.15) is 44.2 Å². The first kappa shape index (κ1) is 14.9. The highest BCUT2D eigenvalue weighted by atomic mass is 35.5. The molecular weight excluding hydrogens is 286 g/mol. The van der Waals surface area contributed by atoms with Crippen LogP contribution in [0, 0.1) is 5.92 Å². The van der Waals surface area contributed by atoms with E-state index >= 15 is 0 Å². The van der Waals surface area contributed by atoms with Gasteiger partial charge in [-0.2, -0.15) is 0 Å². The van der Waals surface area contributed by atoms with Gasteiger partial charge in [0.05, 0.1) is 12.2 Å². The lowest BCUT2D eigenvalue weighted by molar-refractivity contribution is -0.139. The highest BCUT2D eigenvalue weighted by Gasteiger charge is 2.43. The molecule has 3 rings (SSSR count). The molecule has 0 aliphatic carbocycles. The van der Waals surface area contributed by atoms with E-state index in [9.17, 15) is 4.79 Å². The molecule has 1 aromatic carbocycles. The smallest absolute Gasteiger partial charge is 0.222 e. The molecule has 0 bridgehead atoms. The van der Waals surface area contributed by atoms with Crippen LogP contribution in [-0.2, 0) is 21.7 Å². The summed E-state index contributed by atoms with van der Waals surface area (Å²) in [5.74, 6) is 0.688. The van der Waals surface area contributed by atoms with Gasteiger partial charge in [-0.25, -0.2) is 0 Å². The van der Waals surface area contributed by atoms with Crippen molar-refractivity contribution in [2.45, 2.75) is 45.3 Å². The number of ether oxygens (including phenoxy) is 1. The number of likely N-dealkylation sites (tertiary alicyclic amines) is 1. The topological polar surface area (TPSA) is 29.5 Å². The number of carbonyl (C=O) groups excluding carboxylic acids is 1. The molecule has 0 atom stereocenters. The maximum atomic E-state index is 12.2. The van der Waals surface area contributed by atoms with Gasteiger partial charge in [0.15, 0.2) is 0 Å². The van der Waals surface area contributed by atoms with Crippen molar-refractivity contribution in [1.29, 1.82) is 0 Å². The van der Waals surface area contributed by atoms with Gasteiger partial charge in [0.2, 0.25) is 5.91 Å². The SMILES string of the molecule is CC(C)CC(=O)N1CCC2(CC1)OCc1cc(Cl)ccc12. The van der Waals surface area contributed by atoms with Gasteiger partial charge in [-0.05, 0) is 42.0 Å². The van der Waals surface area contributed by atoms with Crippen LogP contribution in [0.25, 0.3) is 0 Å². The molecule has 0 N–H and O–H groups in total.